The van der Waals surface area contributed by atoms with Crippen molar-refractivity contribution in [2.75, 3.05) is 0 Å². The summed E-state index contributed by atoms with van der Waals surface area (Å²) < 4.78 is 40.0. The molecule has 36 heavy (non-hydrogen) atoms. The van der Waals surface area contributed by atoms with E-state index in [1.165, 1.54) is 24.3 Å². The van der Waals surface area contributed by atoms with E-state index in [9.17, 15) is 8.78 Å². The van der Waals surface area contributed by atoms with Crippen molar-refractivity contribution in [3.63, 3.8) is 0 Å². The van der Waals surface area contributed by atoms with Crippen LogP contribution in [0, 0.1) is 11.6 Å². The predicted octanol–water partition coefficient (Wildman–Crippen LogP) is 9.74. The van der Waals surface area contributed by atoms with Crippen LogP contribution in [0.1, 0.15) is 0 Å². The lowest BCUT2D eigenvalue weighted by Gasteiger charge is -2.02. The fourth-order valence-electron chi connectivity index (χ4n) is 5.43. The van der Waals surface area contributed by atoms with Crippen LogP contribution >= 0.6 is 0 Å². The third-order valence-corrected chi connectivity index (χ3v) is 7.17. The van der Waals surface area contributed by atoms with Gasteiger partial charge in [-0.3, -0.25) is 0 Å². The molecule has 0 aliphatic rings. The number of fused-ring (bicyclic) bond motifs is 10. The van der Waals surface area contributed by atoms with Crippen LogP contribution in [0.2, 0.25) is 0 Å². The average Bonchev–Trinajstić information content (AvgIpc) is 3.45. The van der Waals surface area contributed by atoms with Gasteiger partial charge in [0.05, 0.1) is 0 Å². The molecule has 0 aliphatic heterocycles. The highest BCUT2D eigenvalue weighted by Crippen LogP contribution is 2.39. The Morgan fingerprint density at radius 3 is 1.28 bits per heavy atom. The Morgan fingerprint density at radius 2 is 0.806 bits per heavy atom. The Hall–Kier alpha value is -4.70. The van der Waals surface area contributed by atoms with E-state index in [-0.39, 0.29) is 11.6 Å². The van der Waals surface area contributed by atoms with Crippen LogP contribution < -0.4 is 0 Å². The number of hydrogen-bond acceptors (Lipinski definition) is 2. The van der Waals surface area contributed by atoms with Gasteiger partial charge in [0.25, 0.3) is 0 Å². The van der Waals surface area contributed by atoms with Crippen molar-refractivity contribution in [1.29, 1.82) is 0 Å². The van der Waals surface area contributed by atoms with Crippen molar-refractivity contribution in [1.82, 2.24) is 0 Å². The molecular weight excluding hydrogens is 454 g/mol. The van der Waals surface area contributed by atoms with Crippen molar-refractivity contribution in [3.8, 4) is 11.1 Å². The monoisotopic (exact) mass is 470 g/mol. The summed E-state index contributed by atoms with van der Waals surface area (Å²) in [6, 6.07) is 29.7. The minimum atomic E-state index is -0.263. The Labute approximate surface area is 202 Å². The molecule has 4 heteroatoms. The molecule has 2 aromatic heterocycles. The molecule has 0 N–H and O–H groups in total. The summed E-state index contributed by atoms with van der Waals surface area (Å²) in [4.78, 5) is 0. The number of furan rings is 2. The molecule has 8 rings (SSSR count). The fraction of sp³-hybridized carbons (Fsp3) is 0. The zero-order valence-electron chi connectivity index (χ0n) is 18.8. The zero-order valence-corrected chi connectivity index (χ0v) is 18.8. The zero-order chi connectivity index (χ0) is 24.0. The second-order valence-corrected chi connectivity index (χ2v) is 9.24. The van der Waals surface area contributed by atoms with E-state index < -0.39 is 0 Å². The quantitative estimate of drug-likeness (QED) is 0.239. The first kappa shape index (κ1) is 19.6. The minimum Gasteiger partial charge on any atom is -0.455 e. The van der Waals surface area contributed by atoms with Crippen molar-refractivity contribution in [3.05, 3.63) is 109 Å². The largest absolute Gasteiger partial charge is 0.455 e. The topological polar surface area (TPSA) is 26.3 Å². The maximum atomic E-state index is 13.7. The van der Waals surface area contributed by atoms with Crippen LogP contribution in [-0.2, 0) is 0 Å². The molecule has 0 atom stereocenters. The van der Waals surface area contributed by atoms with Gasteiger partial charge in [0, 0.05) is 32.3 Å². The summed E-state index contributed by atoms with van der Waals surface area (Å²) in [5, 5.41) is 7.45. The van der Waals surface area contributed by atoms with Gasteiger partial charge in [-0.2, -0.15) is 0 Å². The maximum absolute atomic E-state index is 13.7. The summed E-state index contributed by atoms with van der Waals surface area (Å²) in [6.07, 6.45) is 0. The van der Waals surface area contributed by atoms with Crippen molar-refractivity contribution in [2.45, 2.75) is 0 Å². The molecule has 0 aliphatic carbocycles. The van der Waals surface area contributed by atoms with Crippen LogP contribution in [0.25, 0.3) is 76.5 Å². The first-order chi connectivity index (χ1) is 17.6. The van der Waals surface area contributed by atoms with E-state index in [4.69, 9.17) is 8.83 Å². The molecule has 170 valence electrons. The van der Waals surface area contributed by atoms with Crippen LogP contribution in [0.3, 0.4) is 0 Å². The lowest BCUT2D eigenvalue weighted by molar-refractivity contribution is 0.629. The highest BCUT2D eigenvalue weighted by atomic mass is 19.1. The van der Waals surface area contributed by atoms with Gasteiger partial charge in [0.15, 0.2) is 0 Å². The molecule has 0 fully saturated rings. The third kappa shape index (κ3) is 2.70. The first-order valence-corrected chi connectivity index (χ1v) is 11.7. The number of benzene rings is 6. The van der Waals surface area contributed by atoms with Gasteiger partial charge in [-0.25, -0.2) is 8.78 Å². The summed E-state index contributed by atoms with van der Waals surface area (Å²) >= 11 is 0. The Bertz CT molecular complexity index is 2030. The van der Waals surface area contributed by atoms with E-state index >= 15 is 0 Å². The molecular formula is C32H16F2O2. The lowest BCUT2D eigenvalue weighted by atomic mass is 10.0. The van der Waals surface area contributed by atoms with E-state index in [0.29, 0.717) is 0 Å². The van der Waals surface area contributed by atoms with Gasteiger partial charge in [-0.1, -0.05) is 24.3 Å². The van der Waals surface area contributed by atoms with Crippen LogP contribution in [-0.4, -0.2) is 0 Å². The summed E-state index contributed by atoms with van der Waals surface area (Å²) in [7, 11) is 0. The molecule has 0 bridgehead atoms. The van der Waals surface area contributed by atoms with Gasteiger partial charge < -0.3 is 8.83 Å². The average molecular weight is 470 g/mol. The van der Waals surface area contributed by atoms with Crippen molar-refractivity contribution < 1.29 is 17.6 Å². The maximum Gasteiger partial charge on any atom is 0.143 e. The smallest absolute Gasteiger partial charge is 0.143 e. The van der Waals surface area contributed by atoms with E-state index in [2.05, 4.69) is 24.3 Å². The first-order valence-electron chi connectivity index (χ1n) is 11.7. The molecule has 0 unspecified atom stereocenters. The Kier molecular flexibility index (Phi) is 3.77. The highest BCUT2D eigenvalue weighted by Gasteiger charge is 2.14. The van der Waals surface area contributed by atoms with E-state index in [1.54, 1.807) is 12.1 Å². The molecule has 0 saturated carbocycles. The number of halogens is 2. The fourth-order valence-corrected chi connectivity index (χ4v) is 5.43. The molecule has 6 aromatic carbocycles. The van der Waals surface area contributed by atoms with Crippen molar-refractivity contribution in [2.24, 2.45) is 0 Å². The van der Waals surface area contributed by atoms with E-state index in [1.807, 2.05) is 36.4 Å². The van der Waals surface area contributed by atoms with Gasteiger partial charge in [0.2, 0.25) is 0 Å². The summed E-state index contributed by atoms with van der Waals surface area (Å²) in [5.74, 6) is -0.525. The second-order valence-electron chi connectivity index (χ2n) is 9.24. The van der Waals surface area contributed by atoms with Gasteiger partial charge in [-0.15, -0.1) is 0 Å². The molecule has 0 saturated heterocycles. The summed E-state index contributed by atoms with van der Waals surface area (Å²) in [5.41, 5.74) is 5.08. The standard InChI is InChI=1S/C32H16F2O2/c33-21-5-11-23-19(13-21)3-9-27-25-7-1-17(15-29(25)35-31(23)27)18-2-8-26-28-10-4-20-14-22(34)6-12-24(20)32(28)36-30(26)16-18/h1-16H. The molecule has 8 aromatic rings. The highest BCUT2D eigenvalue weighted by molar-refractivity contribution is 6.17. The Balaban J connectivity index is 1.31. The minimum absolute atomic E-state index is 0.263. The van der Waals surface area contributed by atoms with Crippen molar-refractivity contribution >= 4 is 65.4 Å². The van der Waals surface area contributed by atoms with Gasteiger partial charge in [0.1, 0.15) is 34.0 Å². The van der Waals surface area contributed by atoms with Crippen LogP contribution in [0.5, 0.6) is 0 Å². The predicted molar refractivity (Wildman–Crippen MR) is 141 cm³/mol. The van der Waals surface area contributed by atoms with E-state index in [0.717, 1.165) is 76.5 Å². The Morgan fingerprint density at radius 1 is 0.389 bits per heavy atom. The molecule has 0 radical (unpaired) electrons. The second kappa shape index (κ2) is 6.92. The normalized spacial score (nSPS) is 12.2. The lowest BCUT2D eigenvalue weighted by Crippen LogP contribution is -1.78. The SMILES string of the molecule is Fc1ccc2c(ccc3c4ccc(-c5ccc6c(c5)oc5c7ccc(F)cc7ccc65)cc4oc23)c1. The molecule has 0 spiro atoms. The van der Waals surface area contributed by atoms with Crippen LogP contribution in [0.15, 0.2) is 106 Å². The van der Waals surface area contributed by atoms with Crippen LogP contribution in [0.4, 0.5) is 8.78 Å². The molecule has 2 nitrogen and oxygen atoms in total. The summed E-state index contributed by atoms with van der Waals surface area (Å²) in [6.45, 7) is 0. The van der Waals surface area contributed by atoms with Gasteiger partial charge in [-0.05, 0) is 94.7 Å². The molecule has 2 heterocycles. The molecule has 0 amide bonds. The van der Waals surface area contributed by atoms with Gasteiger partial charge >= 0.3 is 0 Å². The number of hydrogen-bond donors (Lipinski definition) is 0. The number of rotatable bonds is 1. The third-order valence-electron chi connectivity index (χ3n) is 7.17.